The van der Waals surface area contributed by atoms with E-state index >= 15 is 0 Å². The molecular formula is C27H36FN3O6S. The van der Waals surface area contributed by atoms with E-state index in [0.29, 0.717) is 11.3 Å². The van der Waals surface area contributed by atoms with Gasteiger partial charge >= 0.3 is 0 Å². The summed E-state index contributed by atoms with van der Waals surface area (Å²) in [5.41, 5.74) is 0.759. The fraction of sp³-hybridized carbons (Fsp3) is 0.481. The summed E-state index contributed by atoms with van der Waals surface area (Å²) in [6.07, 6.45) is 5.95. The van der Waals surface area contributed by atoms with E-state index in [1.54, 1.807) is 13.0 Å². The van der Waals surface area contributed by atoms with Crippen molar-refractivity contribution >= 4 is 27.5 Å². The standard InChI is InChI=1S/C27H36FN3O6S/c1-19(27(33)29-22-8-6-5-7-9-22)30(17-20-10-12-21(28)13-11-20)26(32)18-31(38(4,34)35)24-15-14-23(36-2)16-25(24)37-3/h10-16,19,22H,5-9,17-18H2,1-4H3,(H,29,33)/t19-/m1/s1. The zero-order chi connectivity index (χ0) is 27.9. The Morgan fingerprint density at radius 3 is 2.29 bits per heavy atom. The van der Waals surface area contributed by atoms with E-state index in [4.69, 9.17) is 9.47 Å². The molecule has 1 N–H and O–H groups in total. The Morgan fingerprint density at radius 2 is 1.71 bits per heavy atom. The third kappa shape index (κ3) is 7.59. The predicted molar refractivity (Wildman–Crippen MR) is 143 cm³/mol. The van der Waals surface area contributed by atoms with Crippen molar-refractivity contribution in [2.75, 3.05) is 31.3 Å². The van der Waals surface area contributed by atoms with Gasteiger partial charge in [-0.05, 0) is 49.6 Å². The molecule has 1 fully saturated rings. The number of methoxy groups -OCH3 is 2. The van der Waals surface area contributed by atoms with Crippen molar-refractivity contribution in [2.45, 2.75) is 57.7 Å². The second kappa shape index (κ2) is 12.9. The topological polar surface area (TPSA) is 105 Å². The first-order valence-corrected chi connectivity index (χ1v) is 14.4. The van der Waals surface area contributed by atoms with E-state index in [9.17, 15) is 22.4 Å². The number of sulfonamides is 1. The van der Waals surface area contributed by atoms with Crippen LogP contribution in [0.15, 0.2) is 42.5 Å². The number of carbonyl (C=O) groups excluding carboxylic acids is 2. The molecule has 0 heterocycles. The van der Waals surface area contributed by atoms with E-state index in [-0.39, 0.29) is 29.9 Å². The molecule has 0 bridgehead atoms. The lowest BCUT2D eigenvalue weighted by Gasteiger charge is -2.33. The van der Waals surface area contributed by atoms with E-state index < -0.39 is 34.3 Å². The molecule has 0 aromatic heterocycles. The Morgan fingerprint density at radius 1 is 1.05 bits per heavy atom. The number of anilines is 1. The summed E-state index contributed by atoms with van der Waals surface area (Å²) in [6, 6.07) is 9.34. The minimum Gasteiger partial charge on any atom is -0.497 e. The van der Waals surface area contributed by atoms with Crippen LogP contribution in [0.1, 0.15) is 44.6 Å². The van der Waals surface area contributed by atoms with Crippen molar-refractivity contribution in [2.24, 2.45) is 0 Å². The minimum atomic E-state index is -3.93. The first kappa shape index (κ1) is 29.2. The van der Waals surface area contributed by atoms with Crippen molar-refractivity contribution in [1.82, 2.24) is 10.2 Å². The molecule has 0 spiro atoms. The molecule has 38 heavy (non-hydrogen) atoms. The second-order valence-corrected chi connectivity index (χ2v) is 11.4. The molecule has 11 heteroatoms. The summed E-state index contributed by atoms with van der Waals surface area (Å²) in [4.78, 5) is 28.2. The second-order valence-electron chi connectivity index (χ2n) is 9.48. The van der Waals surface area contributed by atoms with E-state index in [2.05, 4.69) is 5.32 Å². The Bertz CT molecular complexity index is 1220. The molecule has 0 radical (unpaired) electrons. The van der Waals surface area contributed by atoms with Crippen LogP contribution in [0.5, 0.6) is 11.5 Å². The third-order valence-electron chi connectivity index (χ3n) is 6.72. The Kier molecular flexibility index (Phi) is 9.96. The molecule has 208 valence electrons. The van der Waals surface area contributed by atoms with Crippen LogP contribution in [-0.2, 0) is 26.2 Å². The Hall–Kier alpha value is -3.34. The van der Waals surface area contributed by atoms with Gasteiger partial charge in [0.25, 0.3) is 0 Å². The van der Waals surface area contributed by atoms with Gasteiger partial charge in [0.1, 0.15) is 29.9 Å². The number of nitrogens with zero attached hydrogens (tertiary/aromatic N) is 2. The number of benzene rings is 2. The molecule has 2 aromatic carbocycles. The molecule has 0 saturated heterocycles. The van der Waals surface area contributed by atoms with E-state index in [1.165, 1.54) is 55.5 Å². The lowest BCUT2D eigenvalue weighted by atomic mass is 9.95. The SMILES string of the molecule is COc1ccc(N(CC(=O)N(Cc2ccc(F)cc2)[C@H](C)C(=O)NC2CCCCC2)S(C)(=O)=O)c(OC)c1. The van der Waals surface area contributed by atoms with Gasteiger partial charge in [-0.2, -0.15) is 0 Å². The number of ether oxygens (including phenoxy) is 2. The monoisotopic (exact) mass is 549 g/mol. The molecule has 3 rings (SSSR count). The van der Waals surface area contributed by atoms with Gasteiger partial charge in [-0.1, -0.05) is 31.4 Å². The van der Waals surface area contributed by atoms with Crippen molar-refractivity contribution in [3.05, 3.63) is 53.8 Å². The highest BCUT2D eigenvalue weighted by Gasteiger charge is 2.32. The van der Waals surface area contributed by atoms with Crippen molar-refractivity contribution in [3.8, 4) is 11.5 Å². The first-order valence-electron chi connectivity index (χ1n) is 12.6. The number of hydrogen-bond donors (Lipinski definition) is 1. The van der Waals surface area contributed by atoms with Crippen LogP contribution in [0.3, 0.4) is 0 Å². The normalized spacial score (nSPS) is 14.9. The van der Waals surface area contributed by atoms with Gasteiger partial charge in [0.15, 0.2) is 0 Å². The smallest absolute Gasteiger partial charge is 0.244 e. The van der Waals surface area contributed by atoms with Gasteiger partial charge in [0.05, 0.1) is 26.2 Å². The number of amides is 2. The number of halogens is 1. The van der Waals surface area contributed by atoms with Crippen LogP contribution in [-0.4, -0.2) is 64.2 Å². The molecule has 1 aliphatic rings. The summed E-state index contributed by atoms with van der Waals surface area (Å²) in [5, 5.41) is 3.04. The fourth-order valence-electron chi connectivity index (χ4n) is 4.52. The van der Waals surface area contributed by atoms with Gasteiger partial charge in [-0.3, -0.25) is 13.9 Å². The van der Waals surface area contributed by atoms with Gasteiger partial charge < -0.3 is 19.7 Å². The molecule has 2 aromatic rings. The quantitative estimate of drug-likeness (QED) is 0.460. The minimum absolute atomic E-state index is 0.00425. The van der Waals surface area contributed by atoms with Crippen LogP contribution >= 0.6 is 0 Å². The summed E-state index contributed by atoms with van der Waals surface area (Å²) < 4.78 is 50.7. The lowest BCUT2D eigenvalue weighted by Crippen LogP contribution is -2.53. The third-order valence-corrected chi connectivity index (χ3v) is 7.85. The summed E-state index contributed by atoms with van der Waals surface area (Å²) in [7, 11) is -1.07. The molecule has 0 aliphatic heterocycles. The summed E-state index contributed by atoms with van der Waals surface area (Å²) in [5.74, 6) is -0.680. The maximum absolute atomic E-state index is 13.7. The van der Waals surface area contributed by atoms with Crippen LogP contribution < -0.4 is 19.1 Å². The van der Waals surface area contributed by atoms with Crippen LogP contribution in [0.2, 0.25) is 0 Å². The molecular weight excluding hydrogens is 513 g/mol. The fourth-order valence-corrected chi connectivity index (χ4v) is 5.38. The lowest BCUT2D eigenvalue weighted by molar-refractivity contribution is -0.139. The Balaban J connectivity index is 1.91. The number of rotatable bonds is 11. The van der Waals surface area contributed by atoms with Crippen LogP contribution in [0, 0.1) is 5.82 Å². The maximum atomic E-state index is 13.7. The highest BCUT2D eigenvalue weighted by molar-refractivity contribution is 7.92. The van der Waals surface area contributed by atoms with E-state index in [0.717, 1.165) is 42.7 Å². The van der Waals surface area contributed by atoms with Gasteiger partial charge in [-0.15, -0.1) is 0 Å². The van der Waals surface area contributed by atoms with Crippen molar-refractivity contribution in [1.29, 1.82) is 0 Å². The summed E-state index contributed by atoms with van der Waals surface area (Å²) >= 11 is 0. The highest BCUT2D eigenvalue weighted by atomic mass is 32.2. The zero-order valence-electron chi connectivity index (χ0n) is 22.3. The van der Waals surface area contributed by atoms with Gasteiger partial charge in [-0.25, -0.2) is 12.8 Å². The van der Waals surface area contributed by atoms with Gasteiger partial charge in [0.2, 0.25) is 21.8 Å². The first-order chi connectivity index (χ1) is 18.0. The zero-order valence-corrected chi connectivity index (χ0v) is 23.1. The molecule has 0 unspecified atom stereocenters. The predicted octanol–water partition coefficient (Wildman–Crippen LogP) is 3.48. The molecule has 9 nitrogen and oxygen atoms in total. The largest absolute Gasteiger partial charge is 0.497 e. The van der Waals surface area contributed by atoms with E-state index in [1.807, 2.05) is 0 Å². The van der Waals surface area contributed by atoms with Crippen LogP contribution in [0.4, 0.5) is 10.1 Å². The van der Waals surface area contributed by atoms with Crippen LogP contribution in [0.25, 0.3) is 0 Å². The summed E-state index contributed by atoms with van der Waals surface area (Å²) in [6.45, 7) is 1.04. The van der Waals surface area contributed by atoms with Crippen molar-refractivity contribution < 1.29 is 31.9 Å². The number of carbonyl (C=O) groups is 2. The Labute approximate surface area is 224 Å². The number of hydrogen-bond acceptors (Lipinski definition) is 6. The maximum Gasteiger partial charge on any atom is 0.244 e. The molecule has 2 amide bonds. The average Bonchev–Trinajstić information content (AvgIpc) is 2.90. The molecule has 1 saturated carbocycles. The number of nitrogens with one attached hydrogen (secondary N) is 1. The average molecular weight is 550 g/mol. The van der Waals surface area contributed by atoms with Gasteiger partial charge in [0, 0.05) is 18.7 Å². The molecule has 1 aliphatic carbocycles. The van der Waals surface area contributed by atoms with Crippen molar-refractivity contribution in [3.63, 3.8) is 0 Å². The molecule has 1 atom stereocenters. The highest BCUT2D eigenvalue weighted by Crippen LogP contribution is 2.33.